The quantitative estimate of drug-likeness (QED) is 0.786. The highest BCUT2D eigenvalue weighted by Crippen LogP contribution is 2.27. The molecule has 1 unspecified atom stereocenters. The van der Waals surface area contributed by atoms with E-state index in [9.17, 15) is 0 Å². The van der Waals surface area contributed by atoms with Crippen molar-refractivity contribution in [2.45, 2.75) is 33.3 Å². The van der Waals surface area contributed by atoms with Crippen molar-refractivity contribution in [1.29, 1.82) is 0 Å². The largest absolute Gasteiger partial charge is 0.491 e. The maximum absolute atomic E-state index is 6.08. The van der Waals surface area contributed by atoms with E-state index in [2.05, 4.69) is 19.2 Å². The number of ether oxygens (including phenoxy) is 1. The molecule has 3 nitrogen and oxygen atoms in total. The zero-order valence-electron chi connectivity index (χ0n) is 12.3. The van der Waals surface area contributed by atoms with Gasteiger partial charge in [0.25, 0.3) is 0 Å². The molecule has 0 aromatic heterocycles. The molecule has 0 saturated heterocycles. The van der Waals surface area contributed by atoms with Crippen LogP contribution in [0.25, 0.3) is 0 Å². The predicted molar refractivity (Wildman–Crippen MR) is 85.7 cm³/mol. The fourth-order valence-electron chi connectivity index (χ4n) is 1.91. The zero-order valence-corrected chi connectivity index (χ0v) is 12.3. The number of nitrogens with one attached hydrogen (secondary N) is 1. The van der Waals surface area contributed by atoms with Crippen LogP contribution in [0.3, 0.4) is 0 Å². The Balaban J connectivity index is 2.17. The summed E-state index contributed by atoms with van der Waals surface area (Å²) < 4.78 is 5.82. The number of rotatable bonds is 5. The van der Waals surface area contributed by atoms with Crippen LogP contribution in [0.1, 0.15) is 25.8 Å². The summed E-state index contributed by atoms with van der Waals surface area (Å²) in [6, 6.07) is 13.9. The number of benzene rings is 2. The van der Waals surface area contributed by atoms with Gasteiger partial charge < -0.3 is 15.8 Å². The molecule has 0 saturated carbocycles. The van der Waals surface area contributed by atoms with E-state index in [-0.39, 0.29) is 6.10 Å². The van der Waals surface area contributed by atoms with Gasteiger partial charge in [0, 0.05) is 11.8 Å². The van der Waals surface area contributed by atoms with Gasteiger partial charge in [-0.2, -0.15) is 0 Å². The van der Waals surface area contributed by atoms with Crippen molar-refractivity contribution in [3.8, 4) is 5.75 Å². The Bertz CT molecular complexity index is 581. The Morgan fingerprint density at radius 1 is 1.20 bits per heavy atom. The minimum Gasteiger partial charge on any atom is -0.491 e. The standard InChI is InChI=1S/C17H22N2O/c1-4-13(3)20-15-9-6-8-14(11-15)19-16-10-5-7-12(2)17(16)18/h5-11,13,19H,4,18H2,1-3H3. The lowest BCUT2D eigenvalue weighted by molar-refractivity contribution is 0.217. The number of para-hydroxylation sites is 1. The molecule has 2 rings (SSSR count). The summed E-state index contributed by atoms with van der Waals surface area (Å²) in [5.41, 5.74) is 9.82. The van der Waals surface area contributed by atoms with E-state index < -0.39 is 0 Å². The van der Waals surface area contributed by atoms with Crippen molar-refractivity contribution >= 4 is 17.1 Å². The third kappa shape index (κ3) is 3.44. The molecule has 0 bridgehead atoms. The van der Waals surface area contributed by atoms with Crippen LogP contribution in [-0.4, -0.2) is 6.10 Å². The van der Waals surface area contributed by atoms with Gasteiger partial charge in [0.2, 0.25) is 0 Å². The monoisotopic (exact) mass is 270 g/mol. The van der Waals surface area contributed by atoms with E-state index in [1.165, 1.54) is 0 Å². The number of nitrogen functional groups attached to an aromatic ring is 1. The van der Waals surface area contributed by atoms with Crippen LogP contribution in [-0.2, 0) is 0 Å². The van der Waals surface area contributed by atoms with Gasteiger partial charge in [0.1, 0.15) is 5.75 Å². The smallest absolute Gasteiger partial charge is 0.121 e. The van der Waals surface area contributed by atoms with E-state index in [4.69, 9.17) is 10.5 Å². The summed E-state index contributed by atoms with van der Waals surface area (Å²) in [5.74, 6) is 0.871. The van der Waals surface area contributed by atoms with Gasteiger partial charge in [0.05, 0.1) is 17.5 Å². The highest BCUT2D eigenvalue weighted by molar-refractivity contribution is 5.75. The summed E-state index contributed by atoms with van der Waals surface area (Å²) >= 11 is 0. The number of nitrogens with two attached hydrogens (primary N) is 1. The Hall–Kier alpha value is -2.16. The van der Waals surface area contributed by atoms with E-state index >= 15 is 0 Å². The molecule has 2 aromatic rings. The van der Waals surface area contributed by atoms with Crippen molar-refractivity contribution in [1.82, 2.24) is 0 Å². The molecule has 20 heavy (non-hydrogen) atoms. The van der Waals surface area contributed by atoms with E-state index in [0.29, 0.717) is 0 Å². The highest BCUT2D eigenvalue weighted by atomic mass is 16.5. The second-order valence-electron chi connectivity index (χ2n) is 5.03. The van der Waals surface area contributed by atoms with Crippen LogP contribution < -0.4 is 15.8 Å². The fraction of sp³-hybridized carbons (Fsp3) is 0.294. The second kappa shape index (κ2) is 6.33. The lowest BCUT2D eigenvalue weighted by Gasteiger charge is -2.15. The SMILES string of the molecule is CCC(C)Oc1cccc(Nc2cccc(C)c2N)c1. The molecule has 0 amide bonds. The van der Waals surface area contributed by atoms with Gasteiger partial charge in [-0.3, -0.25) is 0 Å². The molecule has 0 aliphatic carbocycles. The Labute approximate surface area is 120 Å². The number of aryl methyl sites for hydroxylation is 1. The number of hydrogen-bond donors (Lipinski definition) is 2. The van der Waals surface area contributed by atoms with Gasteiger partial charge in [-0.1, -0.05) is 25.1 Å². The van der Waals surface area contributed by atoms with Gasteiger partial charge in [-0.15, -0.1) is 0 Å². The third-order valence-electron chi connectivity index (χ3n) is 3.35. The zero-order chi connectivity index (χ0) is 14.5. The minimum atomic E-state index is 0.217. The maximum Gasteiger partial charge on any atom is 0.121 e. The molecule has 0 spiro atoms. The fourth-order valence-corrected chi connectivity index (χ4v) is 1.91. The van der Waals surface area contributed by atoms with Crippen LogP contribution in [0.2, 0.25) is 0 Å². The van der Waals surface area contributed by atoms with Crippen LogP contribution in [0, 0.1) is 6.92 Å². The van der Waals surface area contributed by atoms with Crippen LogP contribution >= 0.6 is 0 Å². The van der Waals surface area contributed by atoms with E-state index in [1.54, 1.807) is 0 Å². The summed E-state index contributed by atoms with van der Waals surface area (Å²) in [4.78, 5) is 0. The number of anilines is 3. The molecule has 3 heteroatoms. The molecular weight excluding hydrogens is 248 g/mol. The maximum atomic E-state index is 6.08. The predicted octanol–water partition coefficient (Wildman–Crippen LogP) is 4.50. The first kappa shape index (κ1) is 14.3. The molecule has 3 N–H and O–H groups in total. The lowest BCUT2D eigenvalue weighted by Crippen LogP contribution is -2.09. The average molecular weight is 270 g/mol. The van der Waals surface area contributed by atoms with Crippen molar-refractivity contribution in [3.05, 3.63) is 48.0 Å². The Morgan fingerprint density at radius 3 is 2.70 bits per heavy atom. The summed E-state index contributed by atoms with van der Waals surface area (Å²) in [6.45, 7) is 6.18. The Morgan fingerprint density at radius 2 is 1.95 bits per heavy atom. The van der Waals surface area contributed by atoms with Crippen LogP contribution in [0.4, 0.5) is 17.1 Å². The Kier molecular flexibility index (Phi) is 4.51. The van der Waals surface area contributed by atoms with Gasteiger partial charge in [0.15, 0.2) is 0 Å². The van der Waals surface area contributed by atoms with Gasteiger partial charge in [-0.05, 0) is 44.0 Å². The molecule has 0 heterocycles. The molecule has 0 fully saturated rings. The molecular formula is C17H22N2O. The first-order valence-corrected chi connectivity index (χ1v) is 6.99. The average Bonchev–Trinajstić information content (AvgIpc) is 2.44. The van der Waals surface area contributed by atoms with Gasteiger partial charge in [-0.25, -0.2) is 0 Å². The van der Waals surface area contributed by atoms with Gasteiger partial charge >= 0.3 is 0 Å². The summed E-state index contributed by atoms with van der Waals surface area (Å²) in [7, 11) is 0. The molecule has 106 valence electrons. The van der Waals surface area contributed by atoms with Crippen molar-refractivity contribution in [3.63, 3.8) is 0 Å². The molecule has 0 radical (unpaired) electrons. The highest BCUT2D eigenvalue weighted by Gasteiger charge is 2.04. The molecule has 0 aliphatic heterocycles. The normalized spacial score (nSPS) is 11.9. The lowest BCUT2D eigenvalue weighted by atomic mass is 10.1. The van der Waals surface area contributed by atoms with Crippen LogP contribution in [0.15, 0.2) is 42.5 Å². The second-order valence-corrected chi connectivity index (χ2v) is 5.03. The summed E-state index contributed by atoms with van der Waals surface area (Å²) in [5, 5.41) is 3.34. The van der Waals surface area contributed by atoms with Crippen LogP contribution in [0.5, 0.6) is 5.75 Å². The van der Waals surface area contributed by atoms with Crippen molar-refractivity contribution in [2.75, 3.05) is 11.1 Å². The minimum absolute atomic E-state index is 0.217. The van der Waals surface area contributed by atoms with E-state index in [1.807, 2.05) is 49.4 Å². The first-order valence-electron chi connectivity index (χ1n) is 6.99. The van der Waals surface area contributed by atoms with Crippen molar-refractivity contribution in [2.24, 2.45) is 0 Å². The summed E-state index contributed by atoms with van der Waals surface area (Å²) in [6.07, 6.45) is 1.21. The van der Waals surface area contributed by atoms with E-state index in [0.717, 1.165) is 34.8 Å². The van der Waals surface area contributed by atoms with Crippen molar-refractivity contribution < 1.29 is 4.74 Å². The number of hydrogen-bond acceptors (Lipinski definition) is 3. The topological polar surface area (TPSA) is 47.3 Å². The first-order chi connectivity index (χ1) is 9.60. The third-order valence-corrected chi connectivity index (χ3v) is 3.35. The molecule has 2 aromatic carbocycles. The molecule has 0 aliphatic rings. The molecule has 1 atom stereocenters.